The van der Waals surface area contributed by atoms with Gasteiger partial charge < -0.3 is 15.6 Å². The fourth-order valence-corrected chi connectivity index (χ4v) is 4.62. The monoisotopic (exact) mass is 375 g/mol. The smallest absolute Gasteiger partial charge is 0.270 e. The van der Waals surface area contributed by atoms with Gasteiger partial charge in [-0.3, -0.25) is 14.5 Å². The molecule has 2 aromatic rings. The highest BCUT2D eigenvalue weighted by atomic mass is 16.2. The first-order chi connectivity index (χ1) is 13.5. The van der Waals surface area contributed by atoms with Crippen LogP contribution in [0.15, 0.2) is 54.1 Å². The molecule has 2 bridgehead atoms. The Labute approximate surface area is 162 Å². The molecule has 3 atom stereocenters. The topological polar surface area (TPSA) is 90.1 Å². The molecular weight excluding hydrogens is 354 g/mol. The van der Waals surface area contributed by atoms with Gasteiger partial charge in [0.1, 0.15) is 5.70 Å². The SMILES string of the molecule is CC(C)=CC[C@@H]1C(=O)N2c3ccccc3[C@@H]1[C@]21NC(=O)/C(=C\c2cnc[nH]2)N1. The Morgan fingerprint density at radius 1 is 1.25 bits per heavy atom. The summed E-state index contributed by atoms with van der Waals surface area (Å²) in [5, 5.41) is 6.43. The molecule has 3 aliphatic heterocycles. The molecule has 142 valence electrons. The first-order valence-electron chi connectivity index (χ1n) is 9.38. The lowest BCUT2D eigenvalue weighted by Gasteiger charge is -2.31. The Balaban J connectivity index is 1.60. The van der Waals surface area contributed by atoms with E-state index in [9.17, 15) is 9.59 Å². The Kier molecular flexibility index (Phi) is 3.49. The number of nitrogens with one attached hydrogen (secondary N) is 3. The van der Waals surface area contributed by atoms with Crippen LogP contribution in [0.1, 0.15) is 37.4 Å². The summed E-state index contributed by atoms with van der Waals surface area (Å²) in [4.78, 5) is 34.8. The minimum atomic E-state index is -0.955. The lowest BCUT2D eigenvalue weighted by Crippen LogP contribution is -2.60. The highest BCUT2D eigenvalue weighted by Crippen LogP contribution is 2.57. The van der Waals surface area contributed by atoms with E-state index in [2.05, 4.69) is 26.7 Å². The van der Waals surface area contributed by atoms with Crippen LogP contribution >= 0.6 is 0 Å². The summed E-state index contributed by atoms with van der Waals surface area (Å²) in [5.74, 6) is -1.53. The first-order valence-corrected chi connectivity index (χ1v) is 9.38. The van der Waals surface area contributed by atoms with Crippen molar-refractivity contribution in [1.82, 2.24) is 20.6 Å². The Hall–Kier alpha value is -3.35. The summed E-state index contributed by atoms with van der Waals surface area (Å²) in [6.07, 6.45) is 7.67. The van der Waals surface area contributed by atoms with Crippen molar-refractivity contribution in [3.05, 3.63) is 65.4 Å². The van der Waals surface area contributed by atoms with E-state index in [0.29, 0.717) is 12.1 Å². The molecule has 0 saturated carbocycles. The molecule has 3 N–H and O–H groups in total. The number of nitrogens with zero attached hydrogens (tertiary/aromatic N) is 2. The van der Waals surface area contributed by atoms with Crippen LogP contribution in [-0.4, -0.2) is 27.6 Å². The number of hydrogen-bond donors (Lipinski definition) is 3. The van der Waals surface area contributed by atoms with Crippen LogP contribution in [0.4, 0.5) is 5.69 Å². The van der Waals surface area contributed by atoms with Crippen molar-refractivity contribution in [1.29, 1.82) is 0 Å². The molecule has 3 aliphatic rings. The van der Waals surface area contributed by atoms with Gasteiger partial charge in [-0.15, -0.1) is 0 Å². The second-order valence-electron chi connectivity index (χ2n) is 7.74. The number of aromatic amines is 1. The van der Waals surface area contributed by atoms with E-state index in [1.165, 1.54) is 5.57 Å². The third-order valence-electron chi connectivity index (χ3n) is 5.73. The Bertz CT molecular complexity index is 1030. The number of fused-ring (bicyclic) bond motifs is 3. The molecular formula is C21H21N5O2. The van der Waals surface area contributed by atoms with E-state index < -0.39 is 5.79 Å². The average molecular weight is 375 g/mol. The summed E-state index contributed by atoms with van der Waals surface area (Å²) >= 11 is 0. The predicted octanol–water partition coefficient (Wildman–Crippen LogP) is 2.24. The zero-order valence-corrected chi connectivity index (χ0v) is 15.7. The van der Waals surface area contributed by atoms with E-state index in [0.717, 1.165) is 16.9 Å². The van der Waals surface area contributed by atoms with Crippen molar-refractivity contribution >= 4 is 23.6 Å². The molecule has 2 amide bonds. The van der Waals surface area contributed by atoms with Crippen LogP contribution in [0.3, 0.4) is 0 Å². The molecule has 7 heteroatoms. The molecule has 4 heterocycles. The fourth-order valence-electron chi connectivity index (χ4n) is 4.62. The summed E-state index contributed by atoms with van der Waals surface area (Å²) in [7, 11) is 0. The maximum atomic E-state index is 13.3. The van der Waals surface area contributed by atoms with Gasteiger partial charge in [0.05, 0.1) is 35.7 Å². The van der Waals surface area contributed by atoms with Gasteiger partial charge >= 0.3 is 0 Å². The molecule has 1 spiro atoms. The number of imidazole rings is 1. The standard InChI is InChI=1S/C21H21N5O2/c1-12(2)7-8-15-18-14-5-3-4-6-17(14)26(20(15)28)21(18)24-16(19(27)25-21)9-13-10-22-11-23-13/h3-7,9-11,15,18,24H,8H2,1-2H3,(H,22,23)(H,25,27)/b16-9+/t15-,18-,21-/m0/s1. The van der Waals surface area contributed by atoms with E-state index in [1.54, 1.807) is 23.5 Å². The van der Waals surface area contributed by atoms with Crippen molar-refractivity contribution in [3.8, 4) is 0 Å². The Morgan fingerprint density at radius 2 is 2.07 bits per heavy atom. The minimum Gasteiger partial charge on any atom is -0.345 e. The van der Waals surface area contributed by atoms with Crippen molar-refractivity contribution < 1.29 is 9.59 Å². The number of hydrogen-bond acceptors (Lipinski definition) is 4. The van der Waals surface area contributed by atoms with Crippen molar-refractivity contribution in [2.75, 3.05) is 4.90 Å². The number of allylic oxidation sites excluding steroid dienone is 2. The number of aromatic nitrogens is 2. The number of carbonyl (C=O) groups is 2. The summed E-state index contributed by atoms with van der Waals surface area (Å²) in [5.41, 5.74) is 4.27. The van der Waals surface area contributed by atoms with Gasteiger partial charge in [-0.1, -0.05) is 29.8 Å². The maximum absolute atomic E-state index is 13.3. The number of anilines is 1. The quantitative estimate of drug-likeness (QED) is 0.567. The average Bonchev–Trinajstić information content (AvgIpc) is 3.38. The van der Waals surface area contributed by atoms with Crippen LogP contribution in [-0.2, 0) is 9.59 Å². The molecule has 2 saturated heterocycles. The van der Waals surface area contributed by atoms with E-state index in [-0.39, 0.29) is 23.7 Å². The van der Waals surface area contributed by atoms with E-state index in [1.807, 2.05) is 38.1 Å². The summed E-state index contributed by atoms with van der Waals surface area (Å²) in [6.45, 7) is 4.06. The van der Waals surface area contributed by atoms with Gasteiger partial charge in [-0.25, -0.2) is 4.98 Å². The summed E-state index contributed by atoms with van der Waals surface area (Å²) < 4.78 is 0. The van der Waals surface area contributed by atoms with E-state index >= 15 is 0 Å². The second-order valence-corrected chi connectivity index (χ2v) is 7.74. The maximum Gasteiger partial charge on any atom is 0.270 e. The largest absolute Gasteiger partial charge is 0.345 e. The van der Waals surface area contributed by atoms with Crippen LogP contribution in [0.25, 0.3) is 6.08 Å². The van der Waals surface area contributed by atoms with Crippen LogP contribution in [0.5, 0.6) is 0 Å². The molecule has 5 rings (SSSR count). The molecule has 1 aromatic heterocycles. The number of H-pyrrole nitrogens is 1. The fraction of sp³-hybridized carbons (Fsp3) is 0.286. The number of para-hydroxylation sites is 1. The predicted molar refractivity (Wildman–Crippen MR) is 105 cm³/mol. The molecule has 28 heavy (non-hydrogen) atoms. The van der Waals surface area contributed by atoms with Gasteiger partial charge in [0.25, 0.3) is 5.91 Å². The van der Waals surface area contributed by atoms with Crippen LogP contribution in [0.2, 0.25) is 0 Å². The van der Waals surface area contributed by atoms with Crippen molar-refractivity contribution in [2.24, 2.45) is 5.92 Å². The highest BCUT2D eigenvalue weighted by Gasteiger charge is 2.68. The molecule has 7 nitrogen and oxygen atoms in total. The van der Waals surface area contributed by atoms with Gasteiger partial charge in [-0.2, -0.15) is 0 Å². The van der Waals surface area contributed by atoms with E-state index in [4.69, 9.17) is 0 Å². The zero-order valence-electron chi connectivity index (χ0n) is 15.7. The van der Waals surface area contributed by atoms with Crippen molar-refractivity contribution in [3.63, 3.8) is 0 Å². The highest BCUT2D eigenvalue weighted by molar-refractivity contribution is 6.09. The van der Waals surface area contributed by atoms with Gasteiger partial charge in [0, 0.05) is 0 Å². The third kappa shape index (κ3) is 2.19. The Morgan fingerprint density at radius 3 is 2.82 bits per heavy atom. The molecule has 0 aliphatic carbocycles. The number of carbonyl (C=O) groups excluding carboxylic acids is 2. The minimum absolute atomic E-state index is 0.0387. The second kappa shape index (κ2) is 5.82. The zero-order chi connectivity index (χ0) is 19.5. The van der Waals surface area contributed by atoms with Gasteiger partial charge in [0.2, 0.25) is 11.7 Å². The lowest BCUT2D eigenvalue weighted by atomic mass is 9.82. The third-order valence-corrected chi connectivity index (χ3v) is 5.73. The van der Waals surface area contributed by atoms with Gasteiger partial charge in [0.15, 0.2) is 0 Å². The summed E-state index contributed by atoms with van der Waals surface area (Å²) in [6, 6.07) is 7.89. The number of rotatable bonds is 3. The van der Waals surface area contributed by atoms with Crippen molar-refractivity contribution in [2.45, 2.75) is 32.0 Å². The normalized spacial score (nSPS) is 28.6. The lowest BCUT2D eigenvalue weighted by molar-refractivity contribution is -0.121. The molecule has 0 radical (unpaired) electrons. The van der Waals surface area contributed by atoms with Gasteiger partial charge in [-0.05, 0) is 38.0 Å². The molecule has 2 fully saturated rings. The number of amides is 2. The van der Waals surface area contributed by atoms with Crippen LogP contribution < -0.4 is 15.5 Å². The molecule has 1 aromatic carbocycles. The first kappa shape index (κ1) is 16.8. The van der Waals surface area contributed by atoms with Crippen LogP contribution in [0, 0.1) is 5.92 Å². The molecule has 0 unspecified atom stereocenters. The number of benzene rings is 1.